The van der Waals surface area contributed by atoms with Gasteiger partial charge in [0.15, 0.2) is 0 Å². The molecule has 2 heterocycles. The van der Waals surface area contributed by atoms with Crippen LogP contribution >= 0.6 is 0 Å². The molecule has 1 aliphatic rings. The van der Waals surface area contributed by atoms with Crippen molar-refractivity contribution in [2.75, 3.05) is 37.6 Å². The van der Waals surface area contributed by atoms with E-state index in [1.165, 1.54) is 6.08 Å². The minimum atomic E-state index is -0.887. The first-order valence-corrected chi connectivity index (χ1v) is 6.03. The molecule has 5 heteroatoms. The maximum Gasteiger partial charge on any atom is 0.328 e. The van der Waals surface area contributed by atoms with Crippen LogP contribution in [0.3, 0.4) is 0 Å². The van der Waals surface area contributed by atoms with E-state index in [9.17, 15) is 4.79 Å². The van der Waals surface area contributed by atoms with Crippen molar-refractivity contribution in [3.8, 4) is 0 Å². The largest absolute Gasteiger partial charge is 0.478 e. The predicted molar refractivity (Wildman–Crippen MR) is 69.7 cm³/mol. The summed E-state index contributed by atoms with van der Waals surface area (Å²) in [5, 5.41) is 8.51. The van der Waals surface area contributed by atoms with Gasteiger partial charge in [-0.2, -0.15) is 0 Å². The number of hydrogen-bond donors (Lipinski definition) is 1. The maximum atomic E-state index is 10.4. The molecule has 0 radical (unpaired) electrons. The summed E-state index contributed by atoms with van der Waals surface area (Å²) in [6.45, 7) is 4.42. The monoisotopic (exact) mass is 247 g/mol. The van der Waals surface area contributed by atoms with Gasteiger partial charge in [0.1, 0.15) is 5.82 Å². The van der Waals surface area contributed by atoms with E-state index < -0.39 is 5.97 Å². The molecule has 0 saturated carbocycles. The van der Waals surface area contributed by atoms with Crippen LogP contribution in [0.15, 0.2) is 36.5 Å². The lowest BCUT2D eigenvalue weighted by atomic mass is 10.3. The Morgan fingerprint density at radius 3 is 2.72 bits per heavy atom. The summed E-state index contributed by atoms with van der Waals surface area (Å²) in [5.74, 6) is 0.125. The van der Waals surface area contributed by atoms with Gasteiger partial charge in [-0.1, -0.05) is 12.1 Å². The summed E-state index contributed by atoms with van der Waals surface area (Å²) in [6, 6.07) is 5.92. The van der Waals surface area contributed by atoms with Crippen molar-refractivity contribution in [2.24, 2.45) is 0 Å². The minimum Gasteiger partial charge on any atom is -0.478 e. The van der Waals surface area contributed by atoms with Crippen molar-refractivity contribution in [3.63, 3.8) is 0 Å². The number of piperazine rings is 1. The zero-order valence-corrected chi connectivity index (χ0v) is 10.2. The Kier molecular flexibility index (Phi) is 4.30. The van der Waals surface area contributed by atoms with E-state index in [2.05, 4.69) is 14.8 Å². The van der Waals surface area contributed by atoms with Crippen LogP contribution in [0.2, 0.25) is 0 Å². The lowest BCUT2D eigenvalue weighted by molar-refractivity contribution is -0.131. The molecule has 18 heavy (non-hydrogen) atoms. The quantitative estimate of drug-likeness (QED) is 0.799. The standard InChI is InChI=1S/C13H17N3O2/c17-13(18)5-3-7-15-8-10-16(11-9-15)12-4-1-2-6-14-12/h1-6H,7-11H2,(H,17,18). The van der Waals surface area contributed by atoms with E-state index >= 15 is 0 Å². The zero-order valence-electron chi connectivity index (χ0n) is 10.2. The molecule has 0 aliphatic carbocycles. The van der Waals surface area contributed by atoms with Gasteiger partial charge in [-0.15, -0.1) is 0 Å². The highest BCUT2D eigenvalue weighted by molar-refractivity contribution is 5.79. The van der Waals surface area contributed by atoms with Crippen molar-refractivity contribution in [1.29, 1.82) is 0 Å². The first-order chi connectivity index (χ1) is 8.75. The Hall–Kier alpha value is -1.88. The molecule has 1 aliphatic heterocycles. The number of hydrogen-bond acceptors (Lipinski definition) is 4. The van der Waals surface area contributed by atoms with Gasteiger partial charge in [0.2, 0.25) is 0 Å². The van der Waals surface area contributed by atoms with Gasteiger partial charge >= 0.3 is 5.97 Å². The van der Waals surface area contributed by atoms with Gasteiger partial charge in [-0.25, -0.2) is 9.78 Å². The number of anilines is 1. The molecule has 1 fully saturated rings. The predicted octanol–water partition coefficient (Wildman–Crippen LogP) is 0.844. The molecule has 0 atom stereocenters. The van der Waals surface area contributed by atoms with E-state index in [1.54, 1.807) is 12.3 Å². The summed E-state index contributed by atoms with van der Waals surface area (Å²) in [6.07, 6.45) is 4.70. The highest BCUT2D eigenvalue weighted by Crippen LogP contribution is 2.12. The average molecular weight is 247 g/mol. The molecule has 0 spiro atoms. The maximum absolute atomic E-state index is 10.4. The summed E-state index contributed by atoms with van der Waals surface area (Å²) in [7, 11) is 0. The fourth-order valence-electron chi connectivity index (χ4n) is 2.00. The number of aliphatic carboxylic acids is 1. The number of carbonyl (C=O) groups is 1. The van der Waals surface area contributed by atoms with Crippen molar-refractivity contribution >= 4 is 11.8 Å². The number of carboxylic acids is 1. The van der Waals surface area contributed by atoms with E-state index in [4.69, 9.17) is 5.11 Å². The van der Waals surface area contributed by atoms with E-state index in [-0.39, 0.29) is 0 Å². The van der Waals surface area contributed by atoms with Gasteiger partial charge in [0.25, 0.3) is 0 Å². The van der Waals surface area contributed by atoms with Gasteiger partial charge < -0.3 is 10.0 Å². The summed E-state index contributed by atoms with van der Waals surface area (Å²) in [4.78, 5) is 19.2. The number of pyridine rings is 1. The molecule has 1 aromatic heterocycles. The number of carboxylic acid groups (broad SMARTS) is 1. The molecular weight excluding hydrogens is 230 g/mol. The van der Waals surface area contributed by atoms with Crippen molar-refractivity contribution in [1.82, 2.24) is 9.88 Å². The SMILES string of the molecule is O=C(O)C=CCN1CCN(c2ccccn2)CC1. The van der Waals surface area contributed by atoms with Crippen LogP contribution in [0.4, 0.5) is 5.82 Å². The summed E-state index contributed by atoms with van der Waals surface area (Å²) < 4.78 is 0. The van der Waals surface area contributed by atoms with E-state index in [0.717, 1.165) is 32.0 Å². The number of rotatable bonds is 4. The summed E-state index contributed by atoms with van der Waals surface area (Å²) in [5.41, 5.74) is 0. The lowest BCUT2D eigenvalue weighted by Gasteiger charge is -2.34. The highest BCUT2D eigenvalue weighted by Gasteiger charge is 2.16. The fraction of sp³-hybridized carbons (Fsp3) is 0.385. The van der Waals surface area contributed by atoms with Crippen LogP contribution in [0.5, 0.6) is 0 Å². The summed E-state index contributed by atoms with van der Waals surface area (Å²) >= 11 is 0. The smallest absolute Gasteiger partial charge is 0.328 e. The molecule has 96 valence electrons. The average Bonchev–Trinajstić information content (AvgIpc) is 2.40. The normalized spacial score (nSPS) is 17.2. The fourth-order valence-corrected chi connectivity index (χ4v) is 2.00. The van der Waals surface area contributed by atoms with Crippen molar-refractivity contribution < 1.29 is 9.90 Å². The Morgan fingerprint density at radius 1 is 1.33 bits per heavy atom. The van der Waals surface area contributed by atoms with Crippen LogP contribution in [-0.2, 0) is 4.79 Å². The molecule has 2 rings (SSSR count). The Bertz CT molecular complexity index is 412. The zero-order chi connectivity index (χ0) is 12.8. The number of nitrogens with zero attached hydrogens (tertiary/aromatic N) is 3. The first-order valence-electron chi connectivity index (χ1n) is 6.03. The van der Waals surface area contributed by atoms with Gasteiger partial charge in [-0.3, -0.25) is 4.90 Å². The molecule has 1 aromatic rings. The molecule has 1 N–H and O–H groups in total. The number of aromatic nitrogens is 1. The topological polar surface area (TPSA) is 56.7 Å². The Balaban J connectivity index is 1.80. The van der Waals surface area contributed by atoms with Gasteiger partial charge in [0, 0.05) is 45.0 Å². The van der Waals surface area contributed by atoms with Crippen LogP contribution in [-0.4, -0.2) is 53.7 Å². The second-order valence-corrected chi connectivity index (χ2v) is 4.22. The highest BCUT2D eigenvalue weighted by atomic mass is 16.4. The second-order valence-electron chi connectivity index (χ2n) is 4.22. The first kappa shape index (κ1) is 12.6. The Morgan fingerprint density at radius 2 is 2.11 bits per heavy atom. The van der Waals surface area contributed by atoms with Gasteiger partial charge in [-0.05, 0) is 12.1 Å². The van der Waals surface area contributed by atoms with Crippen molar-refractivity contribution in [2.45, 2.75) is 0 Å². The third-order valence-electron chi connectivity index (χ3n) is 2.97. The molecule has 0 aromatic carbocycles. The Labute approximate surface area is 106 Å². The van der Waals surface area contributed by atoms with E-state index in [0.29, 0.717) is 6.54 Å². The second kappa shape index (κ2) is 6.16. The minimum absolute atomic E-state index is 0.697. The molecule has 1 saturated heterocycles. The van der Waals surface area contributed by atoms with E-state index in [1.807, 2.05) is 18.2 Å². The third kappa shape index (κ3) is 3.56. The van der Waals surface area contributed by atoms with Crippen LogP contribution < -0.4 is 4.90 Å². The molecular formula is C13H17N3O2. The van der Waals surface area contributed by atoms with Crippen LogP contribution in [0.25, 0.3) is 0 Å². The molecule has 0 bridgehead atoms. The van der Waals surface area contributed by atoms with Crippen LogP contribution in [0.1, 0.15) is 0 Å². The third-order valence-corrected chi connectivity index (χ3v) is 2.97. The lowest BCUT2D eigenvalue weighted by Crippen LogP contribution is -2.46. The van der Waals surface area contributed by atoms with Crippen LogP contribution in [0, 0.1) is 0 Å². The van der Waals surface area contributed by atoms with Gasteiger partial charge in [0.05, 0.1) is 0 Å². The molecule has 0 unspecified atom stereocenters. The van der Waals surface area contributed by atoms with Crippen molar-refractivity contribution in [3.05, 3.63) is 36.5 Å². The molecule has 5 nitrogen and oxygen atoms in total. The molecule has 0 amide bonds.